The second-order valence-electron chi connectivity index (χ2n) is 6.04. The van der Waals surface area contributed by atoms with Gasteiger partial charge in [-0.25, -0.2) is 4.79 Å². The lowest BCUT2D eigenvalue weighted by Crippen LogP contribution is -2.40. The maximum Gasteiger partial charge on any atom is 0.332 e. The number of anilines is 1. The Morgan fingerprint density at radius 3 is 2.42 bits per heavy atom. The van der Waals surface area contributed by atoms with E-state index in [-0.39, 0.29) is 23.8 Å². The molecule has 0 radical (unpaired) electrons. The van der Waals surface area contributed by atoms with E-state index >= 15 is 0 Å². The zero-order chi connectivity index (χ0) is 17.4. The van der Waals surface area contributed by atoms with Crippen molar-refractivity contribution in [3.05, 3.63) is 56.7 Å². The molecule has 0 spiro atoms. The van der Waals surface area contributed by atoms with Crippen LogP contribution in [0.4, 0.5) is 5.95 Å². The SMILES string of the molecule is CNc1nc2c(c(=O)n(Cc3ccccc3)c(=O)n2C)n1C(C)C. The molecular weight excluding hydrogens is 306 g/mol. The summed E-state index contributed by atoms with van der Waals surface area (Å²) in [6.45, 7) is 4.20. The lowest BCUT2D eigenvalue weighted by Gasteiger charge is -2.13. The lowest BCUT2D eigenvalue weighted by molar-refractivity contribution is 0.610. The molecule has 0 aliphatic heterocycles. The second-order valence-corrected chi connectivity index (χ2v) is 6.04. The van der Waals surface area contributed by atoms with Crippen molar-refractivity contribution in [2.24, 2.45) is 7.05 Å². The fraction of sp³-hybridized carbons (Fsp3) is 0.353. The van der Waals surface area contributed by atoms with E-state index < -0.39 is 0 Å². The Hall–Kier alpha value is -2.83. The molecule has 3 rings (SSSR count). The summed E-state index contributed by atoms with van der Waals surface area (Å²) in [5.74, 6) is 0.574. The van der Waals surface area contributed by atoms with Gasteiger partial charge in [-0.2, -0.15) is 4.98 Å². The molecule has 0 aliphatic rings. The van der Waals surface area contributed by atoms with Crippen molar-refractivity contribution in [2.45, 2.75) is 26.4 Å². The van der Waals surface area contributed by atoms with Crippen molar-refractivity contribution in [1.82, 2.24) is 18.7 Å². The Morgan fingerprint density at radius 1 is 1.17 bits per heavy atom. The molecule has 0 atom stereocenters. The van der Waals surface area contributed by atoms with Crippen molar-refractivity contribution in [1.29, 1.82) is 0 Å². The normalized spacial score (nSPS) is 11.4. The highest BCUT2D eigenvalue weighted by Gasteiger charge is 2.21. The van der Waals surface area contributed by atoms with Crippen molar-refractivity contribution < 1.29 is 0 Å². The molecule has 1 N–H and O–H groups in total. The van der Waals surface area contributed by atoms with Crippen LogP contribution in [0.5, 0.6) is 0 Å². The first-order valence-electron chi connectivity index (χ1n) is 7.89. The molecule has 1 aromatic carbocycles. The average molecular weight is 327 g/mol. The third-order valence-electron chi connectivity index (χ3n) is 4.10. The molecule has 0 bridgehead atoms. The standard InChI is InChI=1S/C17H21N5O2/c1-11(2)22-13-14(19-16(22)18-3)20(4)17(24)21(15(13)23)10-12-8-6-5-7-9-12/h5-9,11H,10H2,1-4H3,(H,18,19). The minimum atomic E-state index is -0.368. The van der Waals surface area contributed by atoms with Gasteiger partial charge < -0.3 is 9.88 Å². The van der Waals surface area contributed by atoms with Crippen LogP contribution < -0.4 is 16.6 Å². The van der Waals surface area contributed by atoms with Crippen LogP contribution in [0.15, 0.2) is 39.9 Å². The number of nitrogens with one attached hydrogen (secondary N) is 1. The highest BCUT2D eigenvalue weighted by Crippen LogP contribution is 2.20. The average Bonchev–Trinajstić information content (AvgIpc) is 2.98. The van der Waals surface area contributed by atoms with E-state index in [0.29, 0.717) is 17.1 Å². The Bertz CT molecular complexity index is 996. The van der Waals surface area contributed by atoms with Crippen LogP contribution in [0.1, 0.15) is 25.5 Å². The van der Waals surface area contributed by atoms with Crippen LogP contribution in [0.25, 0.3) is 11.2 Å². The van der Waals surface area contributed by atoms with Crippen molar-refractivity contribution >= 4 is 17.1 Å². The van der Waals surface area contributed by atoms with Crippen LogP contribution >= 0.6 is 0 Å². The minimum Gasteiger partial charge on any atom is -0.359 e. The fourth-order valence-corrected chi connectivity index (χ4v) is 2.92. The van der Waals surface area contributed by atoms with Gasteiger partial charge in [0, 0.05) is 20.1 Å². The third-order valence-corrected chi connectivity index (χ3v) is 4.10. The Kier molecular flexibility index (Phi) is 4.01. The first-order chi connectivity index (χ1) is 11.5. The van der Waals surface area contributed by atoms with Gasteiger partial charge in [-0.3, -0.25) is 13.9 Å². The maximum absolute atomic E-state index is 13.0. The number of aromatic nitrogens is 4. The topological polar surface area (TPSA) is 73.8 Å². The van der Waals surface area contributed by atoms with Gasteiger partial charge in [0.25, 0.3) is 5.56 Å². The van der Waals surface area contributed by atoms with Crippen LogP contribution in [0.2, 0.25) is 0 Å². The molecule has 0 fully saturated rings. The molecule has 2 aromatic heterocycles. The second kappa shape index (κ2) is 5.99. The first-order valence-corrected chi connectivity index (χ1v) is 7.89. The Morgan fingerprint density at radius 2 is 1.83 bits per heavy atom. The van der Waals surface area contributed by atoms with Gasteiger partial charge >= 0.3 is 5.69 Å². The van der Waals surface area contributed by atoms with E-state index in [0.717, 1.165) is 5.56 Å². The molecule has 0 amide bonds. The summed E-state index contributed by atoms with van der Waals surface area (Å²) in [4.78, 5) is 30.1. The number of imidazole rings is 1. The van der Waals surface area contributed by atoms with E-state index in [2.05, 4.69) is 10.3 Å². The van der Waals surface area contributed by atoms with Crippen molar-refractivity contribution in [3.8, 4) is 0 Å². The molecule has 0 saturated heterocycles. The predicted molar refractivity (Wildman–Crippen MR) is 94.7 cm³/mol. The summed E-state index contributed by atoms with van der Waals surface area (Å²) in [7, 11) is 3.39. The largest absolute Gasteiger partial charge is 0.359 e. The molecule has 24 heavy (non-hydrogen) atoms. The zero-order valence-electron chi connectivity index (χ0n) is 14.3. The minimum absolute atomic E-state index is 0.0350. The van der Waals surface area contributed by atoms with Gasteiger partial charge in [0.2, 0.25) is 5.95 Å². The molecule has 0 unspecified atom stereocenters. The van der Waals surface area contributed by atoms with Crippen LogP contribution in [-0.4, -0.2) is 25.7 Å². The predicted octanol–water partition coefficient (Wildman–Crippen LogP) is 1.57. The van der Waals surface area contributed by atoms with Gasteiger partial charge in [0.1, 0.15) is 0 Å². The van der Waals surface area contributed by atoms with Crippen LogP contribution in [0.3, 0.4) is 0 Å². The van der Waals surface area contributed by atoms with E-state index in [4.69, 9.17) is 0 Å². The molecule has 0 aliphatic carbocycles. The zero-order valence-corrected chi connectivity index (χ0v) is 14.3. The van der Waals surface area contributed by atoms with Crippen molar-refractivity contribution in [3.63, 3.8) is 0 Å². The van der Waals surface area contributed by atoms with Gasteiger partial charge in [0.15, 0.2) is 11.2 Å². The summed E-state index contributed by atoms with van der Waals surface area (Å²) in [5, 5.41) is 3.00. The number of aryl methyl sites for hydroxylation is 1. The number of fused-ring (bicyclic) bond motifs is 1. The van der Waals surface area contributed by atoms with Gasteiger partial charge in [-0.05, 0) is 19.4 Å². The summed E-state index contributed by atoms with van der Waals surface area (Å²) in [6, 6.07) is 9.51. The van der Waals surface area contributed by atoms with Gasteiger partial charge in [-0.15, -0.1) is 0 Å². The Balaban J connectivity index is 2.34. The molecule has 2 heterocycles. The number of hydrogen-bond acceptors (Lipinski definition) is 4. The van der Waals surface area contributed by atoms with E-state index in [1.807, 2.05) is 48.7 Å². The van der Waals surface area contributed by atoms with Gasteiger partial charge in [0.05, 0.1) is 6.54 Å². The third kappa shape index (κ3) is 2.42. The van der Waals surface area contributed by atoms with Crippen LogP contribution in [0, 0.1) is 0 Å². The number of rotatable bonds is 4. The molecule has 0 saturated carbocycles. The number of benzene rings is 1. The van der Waals surface area contributed by atoms with Gasteiger partial charge in [-0.1, -0.05) is 30.3 Å². The number of nitrogens with zero attached hydrogens (tertiary/aromatic N) is 4. The van der Waals surface area contributed by atoms with Crippen molar-refractivity contribution in [2.75, 3.05) is 12.4 Å². The summed E-state index contributed by atoms with van der Waals surface area (Å²) >= 11 is 0. The van der Waals surface area contributed by atoms with Crippen LogP contribution in [-0.2, 0) is 13.6 Å². The highest BCUT2D eigenvalue weighted by molar-refractivity contribution is 5.74. The molecule has 7 nitrogen and oxygen atoms in total. The summed E-state index contributed by atoms with van der Waals surface area (Å²) < 4.78 is 4.52. The summed E-state index contributed by atoms with van der Waals surface area (Å²) in [6.07, 6.45) is 0. The molecule has 3 aromatic rings. The maximum atomic E-state index is 13.0. The van der Waals surface area contributed by atoms with E-state index in [9.17, 15) is 9.59 Å². The quantitative estimate of drug-likeness (QED) is 0.789. The van der Waals surface area contributed by atoms with E-state index in [1.54, 1.807) is 14.1 Å². The number of hydrogen-bond donors (Lipinski definition) is 1. The first kappa shape index (κ1) is 16.0. The fourth-order valence-electron chi connectivity index (χ4n) is 2.92. The van der Waals surface area contributed by atoms with E-state index in [1.165, 1.54) is 9.13 Å². The molecule has 7 heteroatoms. The smallest absolute Gasteiger partial charge is 0.332 e. The summed E-state index contributed by atoms with van der Waals surface area (Å²) in [5.41, 5.74) is 1.05. The highest BCUT2D eigenvalue weighted by atomic mass is 16.2. The Labute approximate surface area is 139 Å². The monoisotopic (exact) mass is 327 g/mol. The molecular formula is C17H21N5O2. The molecule has 126 valence electrons. The lowest BCUT2D eigenvalue weighted by atomic mass is 10.2.